The monoisotopic (exact) mass is 498 g/mol. The second kappa shape index (κ2) is 10.7. The smallest absolute Gasteiger partial charge is 0.243 e. The molecule has 0 unspecified atom stereocenters. The Balaban J connectivity index is 1.45. The minimum Gasteiger partial charge on any atom is -0.493 e. The lowest BCUT2D eigenvalue weighted by molar-refractivity contribution is -0.135. The maximum Gasteiger partial charge on any atom is 0.243 e. The summed E-state index contributed by atoms with van der Waals surface area (Å²) in [6, 6.07) is 16.9. The number of nitrogens with zero attached hydrogens (tertiary/aromatic N) is 2. The number of carbonyl (C=O) groups is 1. The average molecular weight is 499 g/mol. The van der Waals surface area contributed by atoms with Crippen LogP contribution in [0.3, 0.4) is 0 Å². The lowest BCUT2D eigenvalue weighted by Crippen LogP contribution is -2.43. The third-order valence-electron chi connectivity index (χ3n) is 6.49. The summed E-state index contributed by atoms with van der Waals surface area (Å²) in [7, 11) is -1.92. The van der Waals surface area contributed by atoms with Gasteiger partial charge in [-0.2, -0.15) is 4.31 Å². The first kappa shape index (κ1) is 25.1. The van der Waals surface area contributed by atoms with Crippen molar-refractivity contribution in [2.45, 2.75) is 37.6 Å². The summed E-state index contributed by atoms with van der Waals surface area (Å²) in [5.41, 5.74) is 0.976. The number of amides is 1. The third-order valence-corrected chi connectivity index (χ3v) is 8.40. The molecule has 0 atom stereocenters. The van der Waals surface area contributed by atoms with Crippen LogP contribution in [0, 0.1) is 11.7 Å². The van der Waals surface area contributed by atoms with E-state index in [1.54, 1.807) is 11.9 Å². The highest BCUT2D eigenvalue weighted by Crippen LogP contribution is 2.31. The van der Waals surface area contributed by atoms with Crippen LogP contribution in [0.4, 0.5) is 4.39 Å². The number of hydrogen-bond donors (Lipinski definition) is 0. The Labute approximate surface area is 206 Å². The molecular formula is C27H31FN2O4S. The predicted octanol–water partition coefficient (Wildman–Crippen LogP) is 4.83. The van der Waals surface area contributed by atoms with E-state index in [-0.39, 0.29) is 29.8 Å². The Morgan fingerprint density at radius 3 is 2.43 bits per heavy atom. The number of halogens is 1. The van der Waals surface area contributed by atoms with Crippen LogP contribution in [0.5, 0.6) is 5.75 Å². The molecule has 1 saturated heterocycles. The molecule has 0 aromatic heterocycles. The summed E-state index contributed by atoms with van der Waals surface area (Å²) >= 11 is 0. The molecule has 1 heterocycles. The van der Waals surface area contributed by atoms with Crippen LogP contribution in [0.2, 0.25) is 0 Å². The molecule has 0 saturated carbocycles. The zero-order valence-electron chi connectivity index (χ0n) is 20.1. The van der Waals surface area contributed by atoms with Gasteiger partial charge in [0.2, 0.25) is 15.9 Å². The van der Waals surface area contributed by atoms with Gasteiger partial charge < -0.3 is 9.64 Å². The van der Waals surface area contributed by atoms with Crippen molar-refractivity contribution >= 4 is 26.7 Å². The first-order valence-electron chi connectivity index (χ1n) is 12.0. The van der Waals surface area contributed by atoms with E-state index < -0.39 is 15.8 Å². The van der Waals surface area contributed by atoms with Crippen molar-refractivity contribution in [3.63, 3.8) is 0 Å². The van der Waals surface area contributed by atoms with Crippen LogP contribution < -0.4 is 4.74 Å². The first-order valence-corrected chi connectivity index (χ1v) is 13.4. The van der Waals surface area contributed by atoms with E-state index in [1.807, 2.05) is 36.4 Å². The van der Waals surface area contributed by atoms with Gasteiger partial charge in [0, 0.05) is 38.2 Å². The molecule has 35 heavy (non-hydrogen) atoms. The topological polar surface area (TPSA) is 66.9 Å². The van der Waals surface area contributed by atoms with Gasteiger partial charge >= 0.3 is 0 Å². The van der Waals surface area contributed by atoms with Gasteiger partial charge in [-0.25, -0.2) is 12.8 Å². The minimum atomic E-state index is -3.71. The Morgan fingerprint density at radius 2 is 1.74 bits per heavy atom. The highest BCUT2D eigenvalue weighted by molar-refractivity contribution is 7.89. The van der Waals surface area contributed by atoms with Crippen molar-refractivity contribution in [2.75, 3.05) is 26.7 Å². The highest BCUT2D eigenvalue weighted by Gasteiger charge is 2.33. The van der Waals surface area contributed by atoms with E-state index in [9.17, 15) is 17.6 Å². The number of carbonyl (C=O) groups excluding carboxylic acids is 1. The Morgan fingerprint density at radius 1 is 1.06 bits per heavy atom. The van der Waals surface area contributed by atoms with Crippen molar-refractivity contribution in [1.82, 2.24) is 9.21 Å². The normalized spacial score (nSPS) is 15.3. The van der Waals surface area contributed by atoms with E-state index in [4.69, 9.17) is 4.74 Å². The average Bonchev–Trinajstić information content (AvgIpc) is 2.88. The maximum absolute atomic E-state index is 13.3. The van der Waals surface area contributed by atoms with Gasteiger partial charge in [0.15, 0.2) is 0 Å². The van der Waals surface area contributed by atoms with Crippen molar-refractivity contribution in [2.24, 2.45) is 5.92 Å². The molecule has 0 bridgehead atoms. The van der Waals surface area contributed by atoms with Gasteiger partial charge in [-0.1, -0.05) is 37.3 Å². The van der Waals surface area contributed by atoms with Crippen molar-refractivity contribution in [3.8, 4) is 5.75 Å². The van der Waals surface area contributed by atoms with E-state index in [0.29, 0.717) is 26.0 Å². The molecule has 186 valence electrons. The Hall–Kier alpha value is -2.97. The summed E-state index contributed by atoms with van der Waals surface area (Å²) in [5, 5.41) is 2.15. The molecule has 6 nitrogen and oxygen atoms in total. The van der Waals surface area contributed by atoms with Crippen molar-refractivity contribution in [3.05, 3.63) is 72.0 Å². The van der Waals surface area contributed by atoms with E-state index >= 15 is 0 Å². The molecule has 4 rings (SSSR count). The summed E-state index contributed by atoms with van der Waals surface area (Å²) < 4.78 is 46.4. The van der Waals surface area contributed by atoms with Gasteiger partial charge in [-0.05, 0) is 60.4 Å². The fourth-order valence-electron chi connectivity index (χ4n) is 4.55. The second-order valence-electron chi connectivity index (χ2n) is 8.94. The number of ether oxygens (including phenoxy) is 1. The zero-order valence-corrected chi connectivity index (χ0v) is 20.9. The largest absolute Gasteiger partial charge is 0.493 e. The Kier molecular flexibility index (Phi) is 7.72. The van der Waals surface area contributed by atoms with Crippen LogP contribution in [-0.2, 0) is 21.4 Å². The fraction of sp³-hybridized carbons (Fsp3) is 0.370. The number of sulfonamides is 1. The van der Waals surface area contributed by atoms with Crippen molar-refractivity contribution < 1.29 is 22.3 Å². The van der Waals surface area contributed by atoms with Gasteiger partial charge in [0.1, 0.15) is 11.6 Å². The predicted molar refractivity (Wildman–Crippen MR) is 134 cm³/mol. The molecule has 0 spiro atoms. The fourth-order valence-corrected chi connectivity index (χ4v) is 6.02. The molecular weight excluding hydrogens is 467 g/mol. The van der Waals surface area contributed by atoms with Gasteiger partial charge in [0.25, 0.3) is 0 Å². The minimum absolute atomic E-state index is 0.00166. The highest BCUT2D eigenvalue weighted by atomic mass is 32.2. The van der Waals surface area contributed by atoms with Crippen LogP contribution in [-0.4, -0.2) is 50.3 Å². The number of piperidine rings is 1. The van der Waals surface area contributed by atoms with Gasteiger partial charge in [0.05, 0.1) is 11.5 Å². The summed E-state index contributed by atoms with van der Waals surface area (Å²) in [4.78, 5) is 15.1. The van der Waals surface area contributed by atoms with E-state index in [1.165, 1.54) is 16.4 Å². The van der Waals surface area contributed by atoms with Gasteiger partial charge in [-0.15, -0.1) is 0 Å². The maximum atomic E-state index is 13.3. The molecule has 3 aromatic rings. The first-order chi connectivity index (χ1) is 16.8. The molecule has 1 amide bonds. The molecule has 8 heteroatoms. The summed E-state index contributed by atoms with van der Waals surface area (Å²) in [5.74, 6) is 0.0454. The third kappa shape index (κ3) is 5.49. The summed E-state index contributed by atoms with van der Waals surface area (Å²) in [6.45, 7) is 3.57. The van der Waals surface area contributed by atoms with Crippen LogP contribution >= 0.6 is 0 Å². The van der Waals surface area contributed by atoms with E-state index in [2.05, 4.69) is 6.92 Å². The number of benzene rings is 3. The molecule has 0 aliphatic carbocycles. The van der Waals surface area contributed by atoms with Crippen LogP contribution in [0.15, 0.2) is 65.6 Å². The SMILES string of the molecule is CCCOc1ccc2ccccc2c1CN(C)C(=O)C1CCN(S(=O)(=O)c2ccc(F)cc2)CC1. The lowest BCUT2D eigenvalue weighted by Gasteiger charge is -2.32. The van der Waals surface area contributed by atoms with E-state index in [0.717, 1.165) is 40.6 Å². The summed E-state index contributed by atoms with van der Waals surface area (Å²) in [6.07, 6.45) is 1.77. The molecule has 1 aliphatic rings. The molecule has 0 N–H and O–H groups in total. The molecule has 3 aromatic carbocycles. The standard InChI is InChI=1S/C27H31FN2O4S/c1-3-18-34-26-13-8-20-6-4-5-7-24(20)25(26)19-29(2)27(31)21-14-16-30(17-15-21)35(32,33)23-11-9-22(28)10-12-23/h4-13,21H,3,14-19H2,1-2H3. The molecule has 0 radical (unpaired) electrons. The van der Waals surface area contributed by atoms with Crippen LogP contribution in [0.25, 0.3) is 10.8 Å². The number of rotatable bonds is 8. The Bertz CT molecular complexity index is 1290. The quantitative estimate of drug-likeness (QED) is 0.446. The molecule has 1 fully saturated rings. The zero-order chi connectivity index (χ0) is 25.0. The molecule has 1 aliphatic heterocycles. The number of fused-ring (bicyclic) bond motifs is 1. The second-order valence-corrected chi connectivity index (χ2v) is 10.9. The van der Waals surface area contributed by atoms with Gasteiger partial charge in [-0.3, -0.25) is 4.79 Å². The van der Waals surface area contributed by atoms with Crippen molar-refractivity contribution in [1.29, 1.82) is 0 Å². The van der Waals surface area contributed by atoms with Crippen LogP contribution in [0.1, 0.15) is 31.7 Å². The number of hydrogen-bond acceptors (Lipinski definition) is 4. The lowest BCUT2D eigenvalue weighted by atomic mass is 9.96.